The minimum absolute atomic E-state index is 0.0587. The second-order valence-electron chi connectivity index (χ2n) is 2.56. The summed E-state index contributed by atoms with van der Waals surface area (Å²) in [5.41, 5.74) is 0. The van der Waals surface area contributed by atoms with Gasteiger partial charge in [0, 0.05) is 0 Å². The van der Waals surface area contributed by atoms with Crippen LogP contribution in [0, 0.1) is 0 Å². The topological polar surface area (TPSA) is 64.1 Å². The Labute approximate surface area is 92.6 Å². The average Bonchev–Trinajstić information content (AvgIpc) is 2.18. The van der Waals surface area contributed by atoms with Crippen LogP contribution in [-0.4, -0.2) is 29.1 Å². The zero-order valence-electron chi connectivity index (χ0n) is 7.58. The van der Waals surface area contributed by atoms with Gasteiger partial charge in [0.15, 0.2) is 17.6 Å². The van der Waals surface area contributed by atoms with Gasteiger partial charge in [-0.1, -0.05) is 11.6 Å². The number of halogens is 4. The monoisotopic (exact) mass is 255 g/mol. The molecule has 0 saturated carbocycles. The molecule has 0 saturated heterocycles. The van der Waals surface area contributed by atoms with Crippen LogP contribution in [0.3, 0.4) is 0 Å². The first-order chi connectivity index (χ1) is 7.37. The maximum absolute atomic E-state index is 11.7. The van der Waals surface area contributed by atoms with E-state index in [2.05, 4.69) is 14.9 Å². The molecule has 0 spiro atoms. The van der Waals surface area contributed by atoms with E-state index < -0.39 is 18.9 Å². The van der Waals surface area contributed by atoms with Crippen LogP contribution in [0.25, 0.3) is 0 Å². The van der Waals surface area contributed by atoms with Crippen molar-refractivity contribution in [1.82, 2.24) is 10.2 Å². The summed E-state index contributed by atoms with van der Waals surface area (Å²) in [5.74, 6) is -0.0587. The quantitative estimate of drug-likeness (QED) is 0.880. The molecule has 1 heterocycles. The molecule has 0 radical (unpaired) electrons. The Bertz CT molecular complexity index is 368. The zero-order chi connectivity index (χ0) is 12.2. The summed E-state index contributed by atoms with van der Waals surface area (Å²) in [5, 5.41) is 8.79. The smallest absolute Gasteiger partial charge is 0.422 e. The van der Waals surface area contributed by atoms with Gasteiger partial charge in [0.25, 0.3) is 0 Å². The lowest BCUT2D eigenvalue weighted by Crippen LogP contribution is -2.23. The summed E-state index contributed by atoms with van der Waals surface area (Å²) in [7, 11) is 0. The highest BCUT2D eigenvalue weighted by molar-refractivity contribution is 6.29. The molecule has 5 nitrogen and oxygen atoms in total. The van der Waals surface area contributed by atoms with Gasteiger partial charge in [0.2, 0.25) is 0 Å². The number of rotatable bonds is 2. The fraction of sp³-hybridized carbons (Fsp3) is 0.286. The van der Waals surface area contributed by atoms with Crippen LogP contribution in [0.4, 0.5) is 23.8 Å². The molecule has 0 aliphatic carbocycles. The van der Waals surface area contributed by atoms with Gasteiger partial charge in [-0.3, -0.25) is 5.32 Å². The molecule has 88 valence electrons. The molecule has 0 atom stereocenters. The van der Waals surface area contributed by atoms with E-state index in [0.717, 1.165) is 0 Å². The molecule has 1 rings (SSSR count). The highest BCUT2D eigenvalue weighted by atomic mass is 35.5. The minimum Gasteiger partial charge on any atom is -0.440 e. The van der Waals surface area contributed by atoms with E-state index in [4.69, 9.17) is 11.6 Å². The molecular weight excluding hydrogens is 251 g/mol. The summed E-state index contributed by atoms with van der Waals surface area (Å²) in [6.07, 6.45) is -5.84. The first-order valence-corrected chi connectivity index (χ1v) is 4.24. The van der Waals surface area contributed by atoms with Gasteiger partial charge < -0.3 is 4.74 Å². The highest BCUT2D eigenvalue weighted by Crippen LogP contribution is 2.15. The van der Waals surface area contributed by atoms with E-state index in [1.54, 1.807) is 0 Å². The van der Waals surface area contributed by atoms with Gasteiger partial charge in [-0.25, -0.2) is 4.79 Å². The lowest BCUT2D eigenvalue weighted by molar-refractivity contribution is -0.159. The summed E-state index contributed by atoms with van der Waals surface area (Å²) in [4.78, 5) is 10.8. The number of hydrogen-bond donors (Lipinski definition) is 1. The standard InChI is InChI=1S/C7H5ClF3N3O2/c8-4-1-2-5(14-13-4)12-6(15)16-3-7(9,10)11/h1-2H,3H2,(H,12,14,15). The Morgan fingerprint density at radius 2 is 2.12 bits per heavy atom. The third kappa shape index (κ3) is 4.78. The number of nitrogens with zero attached hydrogens (tertiary/aromatic N) is 2. The Balaban J connectivity index is 2.43. The number of anilines is 1. The van der Waals surface area contributed by atoms with Crippen LogP contribution < -0.4 is 5.32 Å². The lowest BCUT2D eigenvalue weighted by Gasteiger charge is -2.07. The molecule has 1 aromatic heterocycles. The number of nitrogens with one attached hydrogen (secondary N) is 1. The number of carbonyl (C=O) groups excluding carboxylic acids is 1. The van der Waals surface area contributed by atoms with Crippen LogP contribution >= 0.6 is 11.6 Å². The van der Waals surface area contributed by atoms with Crippen molar-refractivity contribution < 1.29 is 22.7 Å². The van der Waals surface area contributed by atoms with Gasteiger partial charge in [0.05, 0.1) is 0 Å². The van der Waals surface area contributed by atoms with E-state index in [1.807, 2.05) is 5.32 Å². The molecule has 9 heteroatoms. The zero-order valence-corrected chi connectivity index (χ0v) is 8.34. The number of carbonyl (C=O) groups is 1. The maximum Gasteiger partial charge on any atom is 0.422 e. The van der Waals surface area contributed by atoms with Crippen LogP contribution in [0.5, 0.6) is 0 Å². The molecule has 0 aliphatic heterocycles. The molecule has 0 unspecified atom stereocenters. The molecule has 0 bridgehead atoms. The van der Waals surface area contributed by atoms with Crippen LogP contribution in [0.15, 0.2) is 12.1 Å². The fourth-order valence-electron chi connectivity index (χ4n) is 0.671. The van der Waals surface area contributed by atoms with Crippen molar-refractivity contribution in [2.75, 3.05) is 11.9 Å². The van der Waals surface area contributed by atoms with Crippen LogP contribution in [0.1, 0.15) is 0 Å². The maximum atomic E-state index is 11.7. The average molecular weight is 256 g/mol. The van der Waals surface area contributed by atoms with Crippen LogP contribution in [0.2, 0.25) is 5.15 Å². The summed E-state index contributed by atoms with van der Waals surface area (Å²) < 4.78 is 38.8. The van der Waals surface area contributed by atoms with Gasteiger partial charge in [-0.2, -0.15) is 13.2 Å². The van der Waals surface area contributed by atoms with Crippen molar-refractivity contribution in [3.8, 4) is 0 Å². The highest BCUT2D eigenvalue weighted by Gasteiger charge is 2.29. The molecule has 1 N–H and O–H groups in total. The summed E-state index contributed by atoms with van der Waals surface area (Å²) >= 11 is 5.40. The van der Waals surface area contributed by atoms with Gasteiger partial charge in [0.1, 0.15) is 0 Å². The Hall–Kier alpha value is -1.57. The van der Waals surface area contributed by atoms with Gasteiger partial charge in [-0.15, -0.1) is 10.2 Å². The largest absolute Gasteiger partial charge is 0.440 e. The predicted octanol–water partition coefficient (Wildman–Crippen LogP) is 2.24. The van der Waals surface area contributed by atoms with E-state index in [1.165, 1.54) is 12.1 Å². The molecule has 1 aromatic rings. The molecule has 16 heavy (non-hydrogen) atoms. The molecule has 0 fully saturated rings. The van der Waals surface area contributed by atoms with E-state index in [0.29, 0.717) is 0 Å². The number of hydrogen-bond acceptors (Lipinski definition) is 4. The van der Waals surface area contributed by atoms with Crippen molar-refractivity contribution in [3.63, 3.8) is 0 Å². The van der Waals surface area contributed by atoms with Crippen molar-refractivity contribution in [3.05, 3.63) is 17.3 Å². The molecular formula is C7H5ClF3N3O2. The third-order valence-electron chi connectivity index (χ3n) is 1.23. The molecule has 0 aliphatic rings. The third-order valence-corrected chi connectivity index (χ3v) is 1.43. The first-order valence-electron chi connectivity index (χ1n) is 3.86. The van der Waals surface area contributed by atoms with Crippen molar-refractivity contribution in [1.29, 1.82) is 0 Å². The second-order valence-corrected chi connectivity index (χ2v) is 2.94. The van der Waals surface area contributed by atoms with E-state index in [-0.39, 0.29) is 11.0 Å². The van der Waals surface area contributed by atoms with Gasteiger partial charge >= 0.3 is 12.3 Å². The summed E-state index contributed by atoms with van der Waals surface area (Å²) in [6.45, 7) is -1.67. The Morgan fingerprint density at radius 3 is 2.62 bits per heavy atom. The van der Waals surface area contributed by atoms with Crippen molar-refractivity contribution >= 4 is 23.5 Å². The second kappa shape index (κ2) is 4.97. The number of alkyl halides is 3. The van der Waals surface area contributed by atoms with Gasteiger partial charge in [-0.05, 0) is 12.1 Å². The van der Waals surface area contributed by atoms with Crippen LogP contribution in [-0.2, 0) is 4.74 Å². The molecule has 1 amide bonds. The Morgan fingerprint density at radius 1 is 1.44 bits per heavy atom. The van der Waals surface area contributed by atoms with Crippen molar-refractivity contribution in [2.45, 2.75) is 6.18 Å². The predicted molar refractivity (Wildman–Crippen MR) is 48.1 cm³/mol. The number of ether oxygens (including phenoxy) is 1. The van der Waals surface area contributed by atoms with Crippen molar-refractivity contribution in [2.24, 2.45) is 0 Å². The summed E-state index contributed by atoms with van der Waals surface area (Å²) in [6, 6.07) is 2.58. The number of aromatic nitrogens is 2. The Kier molecular flexibility index (Phi) is 3.88. The minimum atomic E-state index is -4.57. The molecule has 0 aromatic carbocycles. The van der Waals surface area contributed by atoms with E-state index >= 15 is 0 Å². The normalized spacial score (nSPS) is 11.0. The number of amides is 1. The first kappa shape index (κ1) is 12.5. The SMILES string of the molecule is O=C(Nc1ccc(Cl)nn1)OCC(F)(F)F. The van der Waals surface area contributed by atoms with E-state index in [9.17, 15) is 18.0 Å². The lowest BCUT2D eigenvalue weighted by atomic mass is 10.5. The fourth-order valence-corrected chi connectivity index (χ4v) is 0.771.